The summed E-state index contributed by atoms with van der Waals surface area (Å²) >= 11 is 7.73. The summed E-state index contributed by atoms with van der Waals surface area (Å²) < 4.78 is 1.43. The van der Waals surface area contributed by atoms with Gasteiger partial charge in [-0.2, -0.15) is 0 Å². The average molecular weight is 300 g/mol. The van der Waals surface area contributed by atoms with E-state index < -0.39 is 0 Å². The first-order chi connectivity index (χ1) is 8.91. The third kappa shape index (κ3) is 2.82. The third-order valence-corrected chi connectivity index (χ3v) is 4.53. The Balaban J connectivity index is 2.39. The Labute approximate surface area is 121 Å². The van der Waals surface area contributed by atoms with Gasteiger partial charge in [-0.05, 0) is 37.3 Å². The topological polar surface area (TPSA) is 50.2 Å². The molecule has 2 rings (SSSR count). The molecular weight excluding hydrogens is 282 g/mol. The minimum atomic E-state index is -0.224. The summed E-state index contributed by atoms with van der Waals surface area (Å²) in [6, 6.07) is 0. The summed E-state index contributed by atoms with van der Waals surface area (Å²) in [6.07, 6.45) is 1.10. The van der Waals surface area contributed by atoms with E-state index in [0.717, 1.165) is 23.3 Å². The van der Waals surface area contributed by atoms with Crippen LogP contribution in [0.4, 0.5) is 0 Å². The lowest BCUT2D eigenvalue weighted by atomic mass is 10.2. The van der Waals surface area contributed by atoms with Crippen molar-refractivity contribution in [1.29, 1.82) is 0 Å². The first kappa shape index (κ1) is 14.5. The Morgan fingerprint density at radius 2 is 2.05 bits per heavy atom. The monoisotopic (exact) mass is 299 g/mol. The van der Waals surface area contributed by atoms with Crippen LogP contribution in [0.3, 0.4) is 0 Å². The number of H-pyrrole nitrogens is 1. The number of aromatic amines is 1. The van der Waals surface area contributed by atoms with Crippen LogP contribution >= 0.6 is 23.4 Å². The van der Waals surface area contributed by atoms with Gasteiger partial charge in [0.15, 0.2) is 5.16 Å². The molecule has 0 aromatic carbocycles. The van der Waals surface area contributed by atoms with Crippen LogP contribution in [0.15, 0.2) is 9.95 Å². The van der Waals surface area contributed by atoms with Crippen molar-refractivity contribution in [3.8, 4) is 0 Å². The maximum absolute atomic E-state index is 12.1. The Kier molecular flexibility index (Phi) is 4.26. The van der Waals surface area contributed by atoms with Gasteiger partial charge < -0.3 is 0 Å². The zero-order valence-corrected chi connectivity index (χ0v) is 13.2. The summed E-state index contributed by atoms with van der Waals surface area (Å²) in [6.45, 7) is 8.20. The van der Waals surface area contributed by atoms with E-state index in [4.69, 9.17) is 11.6 Å². The number of nitrogens with zero attached hydrogens (tertiary/aromatic N) is 2. The number of thioether (sulfide) groups is 1. The van der Waals surface area contributed by atoms with Gasteiger partial charge in [-0.1, -0.05) is 37.2 Å². The fourth-order valence-corrected chi connectivity index (χ4v) is 3.19. The maximum Gasteiger partial charge on any atom is 0.334 e. The van der Waals surface area contributed by atoms with E-state index in [9.17, 15) is 4.79 Å². The van der Waals surface area contributed by atoms with Crippen LogP contribution in [0.25, 0.3) is 5.65 Å². The van der Waals surface area contributed by atoms with Crippen molar-refractivity contribution in [2.75, 3.05) is 5.75 Å². The molecule has 19 heavy (non-hydrogen) atoms. The summed E-state index contributed by atoms with van der Waals surface area (Å²) in [5.74, 6) is 1.60. The number of nitrogens with one attached hydrogen (secondary N) is 1. The number of aryl methyl sites for hydroxylation is 1. The van der Waals surface area contributed by atoms with Gasteiger partial charge in [-0.3, -0.25) is 4.98 Å². The highest BCUT2D eigenvalue weighted by molar-refractivity contribution is 7.99. The molecule has 0 aliphatic rings. The van der Waals surface area contributed by atoms with E-state index >= 15 is 0 Å². The molecule has 2 aromatic heterocycles. The van der Waals surface area contributed by atoms with Crippen LogP contribution in [0.5, 0.6) is 0 Å². The normalized spacial score (nSPS) is 11.7. The number of fused-ring (bicyclic) bond motifs is 1. The minimum absolute atomic E-state index is 0.224. The van der Waals surface area contributed by atoms with Crippen LogP contribution in [0.1, 0.15) is 31.4 Å². The molecule has 0 bridgehead atoms. The van der Waals surface area contributed by atoms with Crippen molar-refractivity contribution >= 4 is 29.0 Å². The van der Waals surface area contributed by atoms with Crippen molar-refractivity contribution in [3.05, 3.63) is 26.8 Å². The fraction of sp³-hybridized carbons (Fsp3) is 0.538. The summed E-state index contributed by atoms with van der Waals surface area (Å²) in [4.78, 5) is 19.3. The van der Waals surface area contributed by atoms with Gasteiger partial charge in [0.05, 0.1) is 0 Å². The molecule has 0 aliphatic heterocycles. The van der Waals surface area contributed by atoms with Crippen LogP contribution in [0.2, 0.25) is 5.15 Å². The molecule has 0 atom stereocenters. The Bertz CT molecular complexity index is 660. The number of hydrogen-bond acceptors (Lipinski definition) is 3. The molecule has 0 radical (unpaired) electrons. The Morgan fingerprint density at radius 3 is 2.68 bits per heavy atom. The molecule has 0 saturated heterocycles. The lowest BCUT2D eigenvalue weighted by Crippen LogP contribution is -2.18. The molecule has 6 heteroatoms. The molecule has 0 aliphatic carbocycles. The Morgan fingerprint density at radius 1 is 1.37 bits per heavy atom. The van der Waals surface area contributed by atoms with Crippen LogP contribution in [-0.4, -0.2) is 20.1 Å². The summed E-state index contributed by atoms with van der Waals surface area (Å²) in [5, 5.41) is 1.11. The van der Waals surface area contributed by atoms with Crippen LogP contribution in [-0.2, 0) is 0 Å². The second-order valence-corrected chi connectivity index (χ2v) is 6.52. The quantitative estimate of drug-likeness (QED) is 0.880. The highest BCUT2D eigenvalue weighted by Crippen LogP contribution is 2.24. The fourth-order valence-electron chi connectivity index (χ4n) is 1.80. The zero-order chi connectivity index (χ0) is 14.2. The number of rotatable bonds is 4. The second kappa shape index (κ2) is 5.59. The molecule has 0 saturated carbocycles. The average Bonchev–Trinajstić information content (AvgIpc) is 2.54. The molecule has 0 spiro atoms. The van der Waals surface area contributed by atoms with Crippen molar-refractivity contribution in [3.63, 3.8) is 0 Å². The number of halogens is 1. The van der Waals surface area contributed by atoms with E-state index in [1.807, 2.05) is 13.8 Å². The third-order valence-electron chi connectivity index (χ3n) is 3.17. The number of aromatic nitrogens is 3. The van der Waals surface area contributed by atoms with Gasteiger partial charge >= 0.3 is 5.69 Å². The minimum Gasteiger partial charge on any atom is -0.286 e. The molecule has 0 unspecified atom stereocenters. The van der Waals surface area contributed by atoms with Gasteiger partial charge in [0, 0.05) is 5.75 Å². The van der Waals surface area contributed by atoms with E-state index in [1.165, 1.54) is 4.40 Å². The smallest absolute Gasteiger partial charge is 0.286 e. The van der Waals surface area contributed by atoms with E-state index in [-0.39, 0.29) is 5.69 Å². The van der Waals surface area contributed by atoms with Gasteiger partial charge in [0.25, 0.3) is 0 Å². The predicted molar refractivity (Wildman–Crippen MR) is 80.5 cm³/mol. The van der Waals surface area contributed by atoms with Crippen molar-refractivity contribution in [2.45, 2.75) is 39.3 Å². The molecule has 0 fully saturated rings. The first-order valence-corrected chi connectivity index (χ1v) is 7.68. The Hall–Kier alpha value is -0.940. The molecule has 4 nitrogen and oxygen atoms in total. The standard InChI is InChI=1S/C13H18ClN3OS/c1-7(2)5-6-19-12-15-11-9(4)8(3)10(14)17(11)13(18)16-12/h7H,5-6H2,1-4H3,(H,15,16,18). The van der Waals surface area contributed by atoms with Crippen LogP contribution < -0.4 is 5.69 Å². The molecular formula is C13H18ClN3OS. The van der Waals surface area contributed by atoms with Gasteiger partial charge in [0.2, 0.25) is 0 Å². The molecule has 2 heterocycles. The molecule has 0 amide bonds. The predicted octanol–water partition coefficient (Wildman–Crippen LogP) is 3.43. The largest absolute Gasteiger partial charge is 0.334 e. The van der Waals surface area contributed by atoms with E-state index in [0.29, 0.717) is 21.9 Å². The lowest BCUT2D eigenvalue weighted by molar-refractivity contribution is 0.631. The van der Waals surface area contributed by atoms with Crippen molar-refractivity contribution in [1.82, 2.24) is 14.4 Å². The van der Waals surface area contributed by atoms with Crippen molar-refractivity contribution < 1.29 is 0 Å². The van der Waals surface area contributed by atoms with Crippen LogP contribution in [0, 0.1) is 19.8 Å². The van der Waals surface area contributed by atoms with E-state index in [2.05, 4.69) is 23.8 Å². The zero-order valence-electron chi connectivity index (χ0n) is 11.6. The number of hydrogen-bond donors (Lipinski definition) is 1. The highest BCUT2D eigenvalue weighted by Gasteiger charge is 2.15. The molecule has 104 valence electrons. The summed E-state index contributed by atoms with van der Waals surface area (Å²) in [5.41, 5.74) is 2.29. The maximum atomic E-state index is 12.1. The van der Waals surface area contributed by atoms with Crippen molar-refractivity contribution in [2.24, 2.45) is 5.92 Å². The van der Waals surface area contributed by atoms with E-state index in [1.54, 1.807) is 11.8 Å². The SMILES string of the molecule is Cc1c(C)c2nc(SCCC(C)C)[nH]c(=O)n2c1Cl. The molecule has 2 aromatic rings. The first-order valence-electron chi connectivity index (χ1n) is 6.32. The summed E-state index contributed by atoms with van der Waals surface area (Å²) in [7, 11) is 0. The second-order valence-electron chi connectivity index (χ2n) is 5.08. The van der Waals surface area contributed by atoms with Gasteiger partial charge in [-0.15, -0.1) is 0 Å². The lowest BCUT2D eigenvalue weighted by Gasteiger charge is -2.04. The van der Waals surface area contributed by atoms with Gasteiger partial charge in [-0.25, -0.2) is 14.2 Å². The highest BCUT2D eigenvalue weighted by atomic mass is 35.5. The van der Waals surface area contributed by atoms with Gasteiger partial charge in [0.1, 0.15) is 10.8 Å². The molecule has 1 N–H and O–H groups in total.